The number of nitrogens with one attached hydrogen (secondary N) is 1. The van der Waals surface area contributed by atoms with Crippen molar-refractivity contribution in [1.29, 1.82) is 0 Å². The molecule has 3 N–H and O–H groups in total. The number of nitrogens with zero attached hydrogens (tertiary/aromatic N) is 1. The van der Waals surface area contributed by atoms with E-state index in [1.807, 2.05) is 26.0 Å². The Morgan fingerprint density at radius 2 is 1.86 bits per heavy atom. The van der Waals surface area contributed by atoms with Crippen molar-refractivity contribution in [3.8, 4) is 5.75 Å². The number of methoxy groups -OCH3 is 1. The molecule has 114 valence electrons. The van der Waals surface area contributed by atoms with Crippen molar-refractivity contribution in [2.24, 2.45) is 10.7 Å². The lowest BCUT2D eigenvalue weighted by Gasteiger charge is -2.08. The van der Waals surface area contributed by atoms with E-state index in [-0.39, 0.29) is 24.0 Å². The number of benzene rings is 2. The Bertz CT molecular complexity index is 626. The van der Waals surface area contributed by atoms with Gasteiger partial charge in [0, 0.05) is 6.04 Å². The summed E-state index contributed by atoms with van der Waals surface area (Å²) in [7, 11) is 1.68. The van der Waals surface area contributed by atoms with Crippen molar-refractivity contribution in [2.75, 3.05) is 7.11 Å². The Morgan fingerprint density at radius 3 is 2.52 bits per heavy atom. The maximum Gasteiger partial charge on any atom is 0.189 e. The molecule has 0 spiro atoms. The zero-order valence-electron chi connectivity index (χ0n) is 12.6. The number of rotatable bonds is 4. The molecule has 0 radical (unpaired) electrons. The molecule has 2 rings (SSSR count). The van der Waals surface area contributed by atoms with E-state index in [2.05, 4.69) is 34.6 Å². The van der Waals surface area contributed by atoms with Gasteiger partial charge in [-0.1, -0.05) is 18.2 Å². The maximum atomic E-state index is 5.80. The second kappa shape index (κ2) is 8.07. The highest BCUT2D eigenvalue weighted by atomic mass is 127. The summed E-state index contributed by atoms with van der Waals surface area (Å²) in [6, 6.07) is 12.6. The zero-order chi connectivity index (χ0) is 14.5. The van der Waals surface area contributed by atoms with Crippen LogP contribution in [0, 0.1) is 0 Å². The molecule has 5 heteroatoms. The lowest BCUT2D eigenvalue weighted by Crippen LogP contribution is -2.36. The molecule has 0 saturated carbocycles. The van der Waals surface area contributed by atoms with Crippen LogP contribution in [0.5, 0.6) is 5.75 Å². The summed E-state index contributed by atoms with van der Waals surface area (Å²) in [5.74, 6) is 1.35. The SMILES string of the molecule is COc1ccc2cc(CN=C(N)NC(C)C)ccc2c1.I. The topological polar surface area (TPSA) is 59.6 Å². The van der Waals surface area contributed by atoms with Crippen LogP contribution >= 0.6 is 24.0 Å². The molecule has 0 aliphatic rings. The number of ether oxygens (including phenoxy) is 1. The van der Waals surface area contributed by atoms with Gasteiger partial charge < -0.3 is 15.8 Å². The predicted octanol–water partition coefficient (Wildman–Crippen LogP) is 3.28. The van der Waals surface area contributed by atoms with Crippen LogP contribution in [0.1, 0.15) is 19.4 Å². The first kappa shape index (κ1) is 17.6. The van der Waals surface area contributed by atoms with E-state index in [9.17, 15) is 0 Å². The van der Waals surface area contributed by atoms with E-state index in [4.69, 9.17) is 10.5 Å². The molecule has 4 nitrogen and oxygen atoms in total. The van der Waals surface area contributed by atoms with E-state index >= 15 is 0 Å². The number of guanidine groups is 1. The van der Waals surface area contributed by atoms with Gasteiger partial charge in [-0.05, 0) is 48.4 Å². The van der Waals surface area contributed by atoms with Crippen molar-refractivity contribution in [3.05, 3.63) is 42.0 Å². The molecule has 0 atom stereocenters. The van der Waals surface area contributed by atoms with Crippen LogP contribution < -0.4 is 15.8 Å². The van der Waals surface area contributed by atoms with Gasteiger partial charge in [-0.25, -0.2) is 4.99 Å². The summed E-state index contributed by atoms with van der Waals surface area (Å²) < 4.78 is 5.22. The van der Waals surface area contributed by atoms with E-state index in [1.165, 1.54) is 5.39 Å². The summed E-state index contributed by atoms with van der Waals surface area (Å²) >= 11 is 0. The first-order chi connectivity index (χ1) is 9.58. The van der Waals surface area contributed by atoms with E-state index in [0.717, 1.165) is 16.7 Å². The molecule has 0 saturated heterocycles. The quantitative estimate of drug-likeness (QED) is 0.471. The summed E-state index contributed by atoms with van der Waals surface area (Å²) in [5, 5.41) is 5.41. The van der Waals surface area contributed by atoms with Crippen molar-refractivity contribution >= 4 is 40.7 Å². The number of hydrogen-bond acceptors (Lipinski definition) is 2. The molecule has 0 bridgehead atoms. The Kier molecular flexibility index (Phi) is 6.74. The molecule has 0 heterocycles. The molecule has 2 aromatic rings. The first-order valence-corrected chi connectivity index (χ1v) is 6.71. The van der Waals surface area contributed by atoms with Gasteiger partial charge in [-0.3, -0.25) is 0 Å². The minimum absolute atomic E-state index is 0. The van der Waals surface area contributed by atoms with Gasteiger partial charge in [0.2, 0.25) is 0 Å². The third kappa shape index (κ3) is 5.08. The Morgan fingerprint density at radius 1 is 1.19 bits per heavy atom. The van der Waals surface area contributed by atoms with Gasteiger partial charge >= 0.3 is 0 Å². The average Bonchev–Trinajstić information content (AvgIpc) is 2.43. The molecule has 21 heavy (non-hydrogen) atoms. The van der Waals surface area contributed by atoms with Crippen LogP contribution in [0.3, 0.4) is 0 Å². The molecular formula is C16H22IN3O. The largest absolute Gasteiger partial charge is 0.497 e. The highest BCUT2D eigenvalue weighted by Gasteiger charge is 2.00. The number of hydrogen-bond donors (Lipinski definition) is 2. The standard InChI is InChI=1S/C16H21N3O.HI/c1-11(2)19-16(17)18-10-12-4-5-14-9-15(20-3)7-6-13(14)8-12;/h4-9,11H,10H2,1-3H3,(H3,17,18,19);1H. The lowest BCUT2D eigenvalue weighted by molar-refractivity contribution is 0.415. The third-order valence-corrected chi connectivity index (χ3v) is 2.98. The number of nitrogens with two attached hydrogens (primary N) is 1. The van der Waals surface area contributed by atoms with Gasteiger partial charge in [-0.2, -0.15) is 0 Å². The number of fused-ring (bicyclic) bond motifs is 1. The summed E-state index contributed by atoms with van der Waals surface area (Å²) in [4.78, 5) is 4.33. The van der Waals surface area contributed by atoms with Crippen LogP contribution in [0.2, 0.25) is 0 Å². The molecule has 0 aliphatic heterocycles. The summed E-state index contributed by atoms with van der Waals surface area (Å²) in [6.07, 6.45) is 0. The fourth-order valence-electron chi connectivity index (χ4n) is 2.02. The van der Waals surface area contributed by atoms with Crippen molar-refractivity contribution in [1.82, 2.24) is 5.32 Å². The Hall–Kier alpha value is -1.50. The summed E-state index contributed by atoms with van der Waals surface area (Å²) in [6.45, 7) is 4.64. The molecule has 2 aromatic carbocycles. The highest BCUT2D eigenvalue weighted by Crippen LogP contribution is 2.22. The maximum absolute atomic E-state index is 5.80. The molecule has 0 unspecified atom stereocenters. The van der Waals surface area contributed by atoms with Crippen LogP contribution in [0.25, 0.3) is 10.8 Å². The zero-order valence-corrected chi connectivity index (χ0v) is 14.9. The van der Waals surface area contributed by atoms with Crippen molar-refractivity contribution < 1.29 is 4.74 Å². The molecule has 0 aromatic heterocycles. The van der Waals surface area contributed by atoms with E-state index < -0.39 is 0 Å². The second-order valence-corrected chi connectivity index (χ2v) is 5.05. The summed E-state index contributed by atoms with van der Waals surface area (Å²) in [5.41, 5.74) is 6.93. The van der Waals surface area contributed by atoms with E-state index in [0.29, 0.717) is 18.5 Å². The normalized spacial score (nSPS) is 11.3. The fourth-order valence-corrected chi connectivity index (χ4v) is 2.02. The number of aliphatic imine (C=N–C) groups is 1. The van der Waals surface area contributed by atoms with Crippen LogP contribution in [0.4, 0.5) is 0 Å². The minimum Gasteiger partial charge on any atom is -0.497 e. The first-order valence-electron chi connectivity index (χ1n) is 6.71. The smallest absolute Gasteiger partial charge is 0.189 e. The fraction of sp³-hybridized carbons (Fsp3) is 0.312. The van der Waals surface area contributed by atoms with E-state index in [1.54, 1.807) is 7.11 Å². The average molecular weight is 399 g/mol. The van der Waals surface area contributed by atoms with Crippen LogP contribution in [-0.4, -0.2) is 19.1 Å². The molecule has 0 aliphatic carbocycles. The highest BCUT2D eigenvalue weighted by molar-refractivity contribution is 14.0. The minimum atomic E-state index is 0. The monoisotopic (exact) mass is 399 g/mol. The van der Waals surface area contributed by atoms with Gasteiger partial charge in [0.05, 0.1) is 13.7 Å². The molecule has 0 fully saturated rings. The van der Waals surface area contributed by atoms with Gasteiger partial charge in [0.15, 0.2) is 5.96 Å². The Labute approximate surface area is 142 Å². The van der Waals surface area contributed by atoms with Crippen molar-refractivity contribution in [2.45, 2.75) is 26.4 Å². The Balaban J connectivity index is 0.00000220. The number of halogens is 1. The predicted molar refractivity (Wildman–Crippen MR) is 99.5 cm³/mol. The molecular weight excluding hydrogens is 377 g/mol. The van der Waals surface area contributed by atoms with Gasteiger partial charge in [0.1, 0.15) is 5.75 Å². The van der Waals surface area contributed by atoms with Crippen LogP contribution in [0.15, 0.2) is 41.4 Å². The molecule has 0 amide bonds. The van der Waals surface area contributed by atoms with Gasteiger partial charge in [-0.15, -0.1) is 24.0 Å². The third-order valence-electron chi connectivity index (χ3n) is 2.98. The van der Waals surface area contributed by atoms with Crippen molar-refractivity contribution in [3.63, 3.8) is 0 Å². The van der Waals surface area contributed by atoms with Crippen LogP contribution in [-0.2, 0) is 6.54 Å². The van der Waals surface area contributed by atoms with Gasteiger partial charge in [0.25, 0.3) is 0 Å². The lowest BCUT2D eigenvalue weighted by atomic mass is 10.1. The second-order valence-electron chi connectivity index (χ2n) is 5.05.